The fourth-order valence-electron chi connectivity index (χ4n) is 5.91. The quantitative estimate of drug-likeness (QED) is 0.291. The molecule has 0 spiro atoms. The van der Waals surface area contributed by atoms with Gasteiger partial charge in [-0.25, -0.2) is 9.38 Å². The van der Waals surface area contributed by atoms with Crippen LogP contribution in [-0.4, -0.2) is 62.0 Å². The lowest BCUT2D eigenvalue weighted by molar-refractivity contribution is -0.131. The van der Waals surface area contributed by atoms with E-state index in [0.29, 0.717) is 36.9 Å². The van der Waals surface area contributed by atoms with Crippen molar-refractivity contribution in [2.75, 3.05) is 24.5 Å². The number of para-hydroxylation sites is 2. The van der Waals surface area contributed by atoms with Gasteiger partial charge in [-0.05, 0) is 44.0 Å². The van der Waals surface area contributed by atoms with E-state index < -0.39 is 5.97 Å². The fraction of sp³-hybridized carbons (Fsp3) is 0.414. The zero-order valence-electron chi connectivity index (χ0n) is 21.8. The molecule has 2 aliphatic rings. The van der Waals surface area contributed by atoms with Crippen molar-refractivity contribution in [1.82, 2.24) is 24.5 Å². The van der Waals surface area contributed by atoms with Crippen molar-refractivity contribution >= 4 is 34.4 Å². The van der Waals surface area contributed by atoms with Gasteiger partial charge in [0.1, 0.15) is 11.6 Å². The minimum atomic E-state index is -0.447. The molecule has 0 bridgehead atoms. The topological polar surface area (TPSA) is 92.9 Å². The summed E-state index contributed by atoms with van der Waals surface area (Å²) in [4.78, 5) is 34.3. The van der Waals surface area contributed by atoms with Crippen LogP contribution < -0.4 is 9.64 Å². The Labute approximate surface area is 221 Å². The Balaban J connectivity index is 1.34. The fourth-order valence-corrected chi connectivity index (χ4v) is 5.91. The summed E-state index contributed by atoms with van der Waals surface area (Å²) in [5.41, 5.74) is 2.12. The number of anilines is 1. The number of ether oxygens (including phenoxy) is 1. The zero-order valence-corrected chi connectivity index (χ0v) is 21.8. The van der Waals surface area contributed by atoms with Gasteiger partial charge in [-0.2, -0.15) is 0 Å². The molecule has 38 heavy (non-hydrogen) atoms. The number of carbonyl (C=O) groups excluding carboxylic acids is 2. The Kier molecular flexibility index (Phi) is 6.43. The maximum Gasteiger partial charge on any atom is 0.308 e. The molecule has 1 atom stereocenters. The van der Waals surface area contributed by atoms with Crippen molar-refractivity contribution in [1.29, 1.82) is 0 Å². The van der Waals surface area contributed by atoms with E-state index in [1.54, 1.807) is 24.3 Å². The summed E-state index contributed by atoms with van der Waals surface area (Å²) in [5.74, 6) is 1.91. The lowest BCUT2D eigenvalue weighted by atomic mass is 9.89. The molecule has 3 heterocycles. The average molecular weight is 513 g/mol. The van der Waals surface area contributed by atoms with Crippen molar-refractivity contribution in [3.05, 3.63) is 59.9 Å². The van der Waals surface area contributed by atoms with Crippen LogP contribution in [0.3, 0.4) is 0 Å². The number of aromatic nitrogens is 4. The molecule has 1 saturated heterocycles. The molecular formula is C29H32N6O3. The van der Waals surface area contributed by atoms with Crippen LogP contribution in [0.2, 0.25) is 0 Å². The highest BCUT2D eigenvalue weighted by Gasteiger charge is 2.33. The van der Waals surface area contributed by atoms with E-state index in [1.165, 1.54) is 26.2 Å². The van der Waals surface area contributed by atoms with E-state index in [9.17, 15) is 9.59 Å². The normalized spacial score (nSPS) is 18.7. The van der Waals surface area contributed by atoms with Crippen molar-refractivity contribution in [2.45, 2.75) is 57.9 Å². The van der Waals surface area contributed by atoms with Crippen LogP contribution in [0.1, 0.15) is 68.1 Å². The summed E-state index contributed by atoms with van der Waals surface area (Å²) >= 11 is 0. The number of hydrogen-bond donors (Lipinski definition) is 0. The molecule has 1 unspecified atom stereocenters. The summed E-state index contributed by atoms with van der Waals surface area (Å²) in [6, 6.07) is 14.9. The van der Waals surface area contributed by atoms with E-state index in [1.807, 2.05) is 30.0 Å². The first-order valence-corrected chi connectivity index (χ1v) is 13.5. The number of benzene rings is 2. The number of hydrogen-bond acceptors (Lipinski definition) is 7. The van der Waals surface area contributed by atoms with E-state index in [0.717, 1.165) is 41.2 Å². The standard InChI is InChI=1S/C29H32N6O3/c1-19-18-33(16-17-34(19)28(37)23-13-7-9-15-25(23)38-20(2)36)29-30-24-14-8-6-12-22(24)27-32-31-26(35(27)29)21-10-4-3-5-11-21/h6-9,12-15,19,21H,3-5,10-11,16-18H2,1-2H3. The molecule has 6 rings (SSSR count). The zero-order chi connectivity index (χ0) is 26.2. The molecule has 1 aliphatic heterocycles. The summed E-state index contributed by atoms with van der Waals surface area (Å²) in [6.07, 6.45) is 5.93. The van der Waals surface area contributed by atoms with Crippen LogP contribution >= 0.6 is 0 Å². The lowest BCUT2D eigenvalue weighted by Crippen LogP contribution is -2.54. The maximum absolute atomic E-state index is 13.5. The molecule has 1 aliphatic carbocycles. The molecule has 9 heteroatoms. The maximum atomic E-state index is 13.5. The van der Waals surface area contributed by atoms with E-state index in [4.69, 9.17) is 14.8 Å². The Bertz CT molecular complexity index is 1510. The van der Waals surface area contributed by atoms with Crippen molar-refractivity contribution in [3.63, 3.8) is 0 Å². The first-order chi connectivity index (χ1) is 18.5. The van der Waals surface area contributed by atoms with Gasteiger partial charge in [0.15, 0.2) is 5.65 Å². The largest absolute Gasteiger partial charge is 0.426 e. The number of carbonyl (C=O) groups is 2. The van der Waals surface area contributed by atoms with Crippen LogP contribution in [0.4, 0.5) is 5.95 Å². The van der Waals surface area contributed by atoms with Gasteiger partial charge in [0.2, 0.25) is 5.95 Å². The Morgan fingerprint density at radius 2 is 1.71 bits per heavy atom. The van der Waals surface area contributed by atoms with Crippen LogP contribution in [0.25, 0.3) is 16.6 Å². The number of piperazine rings is 1. The SMILES string of the molecule is CC(=O)Oc1ccccc1C(=O)N1CCN(c2nc3ccccc3c3nnc(C4CCCCC4)n23)CC1C. The second-order valence-electron chi connectivity index (χ2n) is 10.4. The summed E-state index contributed by atoms with van der Waals surface area (Å²) in [7, 11) is 0. The monoisotopic (exact) mass is 512 g/mol. The van der Waals surface area contributed by atoms with E-state index in [-0.39, 0.29) is 11.9 Å². The Morgan fingerprint density at radius 3 is 2.50 bits per heavy atom. The third kappa shape index (κ3) is 4.36. The summed E-state index contributed by atoms with van der Waals surface area (Å²) in [6.45, 7) is 5.14. The third-order valence-corrected chi connectivity index (χ3v) is 7.77. The highest BCUT2D eigenvalue weighted by Crippen LogP contribution is 2.35. The predicted molar refractivity (Wildman–Crippen MR) is 145 cm³/mol. The smallest absolute Gasteiger partial charge is 0.308 e. The minimum absolute atomic E-state index is 0.0837. The highest BCUT2D eigenvalue weighted by atomic mass is 16.5. The van der Waals surface area contributed by atoms with Gasteiger partial charge in [0.05, 0.1) is 11.1 Å². The Morgan fingerprint density at radius 1 is 0.947 bits per heavy atom. The first-order valence-electron chi connectivity index (χ1n) is 13.5. The number of esters is 1. The van der Waals surface area contributed by atoms with Gasteiger partial charge in [0.25, 0.3) is 5.91 Å². The van der Waals surface area contributed by atoms with Gasteiger partial charge in [-0.1, -0.05) is 43.5 Å². The van der Waals surface area contributed by atoms with Gasteiger partial charge >= 0.3 is 5.97 Å². The number of fused-ring (bicyclic) bond motifs is 3. The minimum Gasteiger partial charge on any atom is -0.426 e. The Hall–Kier alpha value is -4.01. The van der Waals surface area contributed by atoms with Crippen LogP contribution in [0.15, 0.2) is 48.5 Å². The number of amides is 1. The van der Waals surface area contributed by atoms with Gasteiger partial charge < -0.3 is 14.5 Å². The molecule has 2 aromatic carbocycles. The van der Waals surface area contributed by atoms with Crippen LogP contribution in [-0.2, 0) is 4.79 Å². The van der Waals surface area contributed by atoms with E-state index in [2.05, 4.69) is 20.5 Å². The van der Waals surface area contributed by atoms with Crippen molar-refractivity contribution in [2.24, 2.45) is 0 Å². The molecule has 2 fully saturated rings. The molecule has 4 aromatic rings. The second-order valence-corrected chi connectivity index (χ2v) is 10.4. The molecule has 196 valence electrons. The average Bonchev–Trinajstić information content (AvgIpc) is 3.38. The second kappa shape index (κ2) is 10.0. The van der Waals surface area contributed by atoms with Crippen molar-refractivity contribution in [3.8, 4) is 5.75 Å². The number of nitrogens with zero attached hydrogens (tertiary/aromatic N) is 6. The van der Waals surface area contributed by atoms with Crippen LogP contribution in [0, 0.1) is 0 Å². The van der Waals surface area contributed by atoms with E-state index >= 15 is 0 Å². The molecular weight excluding hydrogens is 480 g/mol. The molecule has 0 radical (unpaired) electrons. The molecule has 0 N–H and O–H groups in total. The van der Waals surface area contributed by atoms with Gasteiger partial charge in [-0.3, -0.25) is 9.59 Å². The number of rotatable bonds is 4. The van der Waals surface area contributed by atoms with Crippen molar-refractivity contribution < 1.29 is 14.3 Å². The highest BCUT2D eigenvalue weighted by molar-refractivity contribution is 5.98. The molecule has 1 amide bonds. The summed E-state index contributed by atoms with van der Waals surface area (Å²) in [5, 5.41) is 10.3. The third-order valence-electron chi connectivity index (χ3n) is 7.77. The first kappa shape index (κ1) is 24.3. The molecule has 2 aromatic heterocycles. The lowest BCUT2D eigenvalue weighted by Gasteiger charge is -2.40. The molecule has 9 nitrogen and oxygen atoms in total. The summed E-state index contributed by atoms with van der Waals surface area (Å²) < 4.78 is 7.48. The predicted octanol–water partition coefficient (Wildman–Crippen LogP) is 4.60. The van der Waals surface area contributed by atoms with Gasteiger partial charge in [-0.15, -0.1) is 10.2 Å². The molecule has 1 saturated carbocycles. The van der Waals surface area contributed by atoms with Crippen LogP contribution in [0.5, 0.6) is 5.75 Å². The van der Waals surface area contributed by atoms with Gasteiger partial charge in [0, 0.05) is 43.9 Å².